The molecule has 0 heterocycles. The van der Waals surface area contributed by atoms with Crippen LogP contribution in [0.2, 0.25) is 0 Å². The molecule has 0 saturated heterocycles. The number of hydrogen-bond acceptors (Lipinski definition) is 9. The molecule has 0 atom stereocenters. The van der Waals surface area contributed by atoms with Crippen LogP contribution >= 0.6 is 7.82 Å². The zero-order chi connectivity index (χ0) is 21.6. The average Bonchev–Trinajstić information content (AvgIpc) is 2.70. The molecule has 9 nitrogen and oxygen atoms in total. The molecular formula is C19H21Na2O9P. The largest absolute Gasteiger partial charge is 1.00 e. The van der Waals surface area contributed by atoms with Crippen LogP contribution in [0.5, 0.6) is 34.5 Å². The Bertz CT molecular complexity index is 919. The second-order valence-electron chi connectivity index (χ2n) is 5.55. The van der Waals surface area contributed by atoms with Crippen LogP contribution in [0.3, 0.4) is 0 Å². The fraction of sp³-hybridized carbons (Fsp3) is 0.263. The second kappa shape index (κ2) is 13.6. The average molecular weight is 470 g/mol. The minimum atomic E-state index is -5.34. The van der Waals surface area contributed by atoms with E-state index >= 15 is 0 Å². The molecule has 2 aromatic rings. The van der Waals surface area contributed by atoms with Gasteiger partial charge in [0, 0.05) is 5.56 Å². The van der Waals surface area contributed by atoms with Crippen LogP contribution in [0.1, 0.15) is 11.1 Å². The number of methoxy groups -OCH3 is 5. The van der Waals surface area contributed by atoms with Gasteiger partial charge >= 0.3 is 59.1 Å². The summed E-state index contributed by atoms with van der Waals surface area (Å²) in [5, 5.41) is 0. The number of ether oxygens (including phenoxy) is 5. The van der Waals surface area contributed by atoms with Crippen LogP contribution in [-0.2, 0) is 4.57 Å². The standard InChI is InChI=1S/C19H23O9P.2Na/c1-23-14-9-8-13(17(19(14)27-5)28-29(20,21)22)7-6-12-10-15(24-2)18(26-4)16(11-12)25-3;;/h6-11H,1-5H3,(H2,20,21,22);;/q;2*+1/p-2/b7-6-;;. The Morgan fingerprint density at radius 1 is 0.710 bits per heavy atom. The van der Waals surface area contributed by atoms with Crippen molar-refractivity contribution >= 4 is 20.0 Å². The van der Waals surface area contributed by atoms with E-state index in [0.717, 1.165) is 0 Å². The van der Waals surface area contributed by atoms with E-state index in [1.807, 2.05) is 0 Å². The third-order valence-corrected chi connectivity index (χ3v) is 4.28. The van der Waals surface area contributed by atoms with Crippen molar-refractivity contribution in [3.8, 4) is 34.5 Å². The molecule has 158 valence electrons. The molecule has 12 heteroatoms. The van der Waals surface area contributed by atoms with Crippen LogP contribution < -0.4 is 97.1 Å². The Morgan fingerprint density at radius 2 is 1.23 bits per heavy atom. The third kappa shape index (κ3) is 7.89. The molecule has 0 aliphatic carbocycles. The Balaban J connectivity index is 0.00000450. The third-order valence-electron chi connectivity index (χ3n) is 3.88. The summed E-state index contributed by atoms with van der Waals surface area (Å²) in [7, 11) is 1.81. The predicted octanol–water partition coefficient (Wildman–Crippen LogP) is -3.88. The van der Waals surface area contributed by atoms with Crippen molar-refractivity contribution in [1.82, 2.24) is 0 Å². The number of hydrogen-bond donors (Lipinski definition) is 0. The summed E-state index contributed by atoms with van der Waals surface area (Å²) in [6, 6.07) is 6.48. The van der Waals surface area contributed by atoms with Gasteiger partial charge in [-0.3, -0.25) is 0 Å². The molecule has 0 spiro atoms. The van der Waals surface area contributed by atoms with E-state index in [1.165, 1.54) is 41.6 Å². The molecule has 2 rings (SSSR count). The van der Waals surface area contributed by atoms with Crippen LogP contribution in [-0.4, -0.2) is 35.5 Å². The maximum absolute atomic E-state index is 11.2. The van der Waals surface area contributed by atoms with Crippen molar-refractivity contribution in [2.45, 2.75) is 0 Å². The van der Waals surface area contributed by atoms with Crippen molar-refractivity contribution in [1.29, 1.82) is 0 Å². The van der Waals surface area contributed by atoms with Gasteiger partial charge in [-0.25, -0.2) is 0 Å². The molecule has 0 unspecified atom stereocenters. The molecule has 2 aromatic carbocycles. The van der Waals surface area contributed by atoms with Gasteiger partial charge in [0.25, 0.3) is 0 Å². The van der Waals surface area contributed by atoms with E-state index in [4.69, 9.17) is 23.7 Å². The molecule has 31 heavy (non-hydrogen) atoms. The molecular weight excluding hydrogens is 449 g/mol. The fourth-order valence-electron chi connectivity index (χ4n) is 2.63. The van der Waals surface area contributed by atoms with E-state index in [-0.39, 0.29) is 81.9 Å². The predicted molar refractivity (Wildman–Crippen MR) is 103 cm³/mol. The van der Waals surface area contributed by atoms with Gasteiger partial charge in [-0.15, -0.1) is 0 Å². The first-order valence-corrected chi connectivity index (χ1v) is 9.68. The maximum Gasteiger partial charge on any atom is 1.00 e. The van der Waals surface area contributed by atoms with E-state index < -0.39 is 7.82 Å². The van der Waals surface area contributed by atoms with Crippen LogP contribution in [0.25, 0.3) is 12.2 Å². The summed E-state index contributed by atoms with van der Waals surface area (Å²) in [6.07, 6.45) is 3.20. The minimum absolute atomic E-state index is 0. The van der Waals surface area contributed by atoms with Crippen LogP contribution in [0, 0.1) is 0 Å². The molecule has 0 fully saturated rings. The van der Waals surface area contributed by atoms with Gasteiger partial charge < -0.3 is 42.6 Å². The molecule has 0 aromatic heterocycles. The van der Waals surface area contributed by atoms with E-state index in [0.29, 0.717) is 22.8 Å². The Kier molecular flexibility index (Phi) is 13.2. The fourth-order valence-corrected chi connectivity index (χ4v) is 3.05. The number of benzene rings is 2. The van der Waals surface area contributed by atoms with Gasteiger partial charge in [-0.2, -0.15) is 0 Å². The topological polar surface area (TPSA) is 119 Å². The minimum Gasteiger partial charge on any atom is -0.780 e. The van der Waals surface area contributed by atoms with Crippen LogP contribution in [0.4, 0.5) is 0 Å². The molecule has 0 amide bonds. The monoisotopic (exact) mass is 470 g/mol. The number of rotatable bonds is 9. The molecule has 0 bridgehead atoms. The first kappa shape index (κ1) is 30.1. The van der Waals surface area contributed by atoms with E-state index in [2.05, 4.69) is 4.52 Å². The smallest absolute Gasteiger partial charge is 0.780 e. The Hall–Kier alpha value is -0.870. The molecule has 0 radical (unpaired) electrons. The van der Waals surface area contributed by atoms with Gasteiger partial charge in [0.2, 0.25) is 11.5 Å². The van der Waals surface area contributed by atoms with Gasteiger partial charge in [0.1, 0.15) is 7.82 Å². The van der Waals surface area contributed by atoms with Crippen LogP contribution in [0.15, 0.2) is 24.3 Å². The van der Waals surface area contributed by atoms with Gasteiger partial charge in [-0.1, -0.05) is 12.2 Å². The maximum atomic E-state index is 11.2. The van der Waals surface area contributed by atoms with Crippen molar-refractivity contribution in [2.75, 3.05) is 35.5 Å². The van der Waals surface area contributed by atoms with Crippen molar-refractivity contribution in [3.63, 3.8) is 0 Å². The summed E-state index contributed by atoms with van der Waals surface area (Å²) in [5.74, 6) is 1.23. The molecule has 0 aliphatic rings. The van der Waals surface area contributed by atoms with Gasteiger partial charge in [-0.05, 0) is 29.8 Å². The quantitative estimate of drug-likeness (QED) is 0.206. The SMILES string of the molecule is COc1cc(/C=C\c2ccc(OC)c(OC)c2OP(=O)([O-])[O-])cc(OC)c1OC.[Na+].[Na+]. The van der Waals surface area contributed by atoms with Gasteiger partial charge in [0.15, 0.2) is 23.0 Å². The van der Waals surface area contributed by atoms with Crippen molar-refractivity contribution < 1.29 is 102 Å². The summed E-state index contributed by atoms with van der Waals surface area (Å²) >= 11 is 0. The molecule has 0 saturated carbocycles. The summed E-state index contributed by atoms with van der Waals surface area (Å²) in [6.45, 7) is 0. The van der Waals surface area contributed by atoms with Crippen molar-refractivity contribution in [2.24, 2.45) is 0 Å². The molecule has 0 N–H and O–H groups in total. The van der Waals surface area contributed by atoms with E-state index in [9.17, 15) is 14.4 Å². The summed E-state index contributed by atoms with van der Waals surface area (Å²) < 4.78 is 42.0. The Morgan fingerprint density at radius 3 is 1.65 bits per heavy atom. The Labute approximate surface area is 225 Å². The number of phosphoric ester groups is 1. The second-order valence-corrected chi connectivity index (χ2v) is 6.63. The van der Waals surface area contributed by atoms with Gasteiger partial charge in [0.05, 0.1) is 35.5 Å². The zero-order valence-corrected chi connectivity index (χ0v) is 23.5. The first-order chi connectivity index (χ1) is 13.8. The summed E-state index contributed by atoms with van der Waals surface area (Å²) in [5.41, 5.74) is 0.941. The zero-order valence-electron chi connectivity index (χ0n) is 18.6. The summed E-state index contributed by atoms with van der Waals surface area (Å²) in [4.78, 5) is 22.4. The first-order valence-electron chi connectivity index (χ1n) is 8.22. The molecule has 0 aliphatic heterocycles. The van der Waals surface area contributed by atoms with E-state index in [1.54, 1.807) is 30.4 Å². The van der Waals surface area contributed by atoms with Crippen molar-refractivity contribution in [3.05, 3.63) is 35.4 Å². The number of phosphoric acid groups is 1. The normalized spacial score (nSPS) is 10.5.